The standard InChI is InChI=1S/C15H20N2O2/c1-10(2)16-14-15(7-5-12(18)6-8-15)9-13(19)17(14)11(3)4/h5-8,10-11H,9H2,1-4H3. The lowest BCUT2D eigenvalue weighted by molar-refractivity contribution is -0.127. The van der Waals surface area contributed by atoms with E-state index in [9.17, 15) is 9.59 Å². The maximum absolute atomic E-state index is 12.3. The molecule has 1 heterocycles. The van der Waals surface area contributed by atoms with Crippen molar-refractivity contribution in [2.75, 3.05) is 0 Å². The van der Waals surface area contributed by atoms with Gasteiger partial charge in [0.15, 0.2) is 5.78 Å². The molecule has 0 radical (unpaired) electrons. The van der Waals surface area contributed by atoms with Gasteiger partial charge in [-0.2, -0.15) is 0 Å². The van der Waals surface area contributed by atoms with E-state index in [1.54, 1.807) is 4.90 Å². The quantitative estimate of drug-likeness (QED) is 0.763. The Labute approximate surface area is 113 Å². The minimum atomic E-state index is -0.528. The summed E-state index contributed by atoms with van der Waals surface area (Å²) in [5, 5.41) is 0. The van der Waals surface area contributed by atoms with Crippen molar-refractivity contribution in [1.82, 2.24) is 4.90 Å². The molecule has 0 atom stereocenters. The summed E-state index contributed by atoms with van der Waals surface area (Å²) in [5.74, 6) is 0.797. The number of likely N-dealkylation sites (tertiary alicyclic amines) is 1. The second-order valence-corrected chi connectivity index (χ2v) is 5.69. The van der Waals surface area contributed by atoms with Crippen LogP contribution < -0.4 is 0 Å². The van der Waals surface area contributed by atoms with E-state index in [0.29, 0.717) is 6.42 Å². The van der Waals surface area contributed by atoms with Crippen LogP contribution in [0.5, 0.6) is 0 Å². The summed E-state index contributed by atoms with van der Waals surface area (Å²) in [6.45, 7) is 7.94. The van der Waals surface area contributed by atoms with E-state index in [-0.39, 0.29) is 23.8 Å². The average molecular weight is 260 g/mol. The number of carbonyl (C=O) groups is 2. The molecule has 1 aliphatic heterocycles. The second-order valence-electron chi connectivity index (χ2n) is 5.69. The Hall–Kier alpha value is -1.71. The third-order valence-electron chi connectivity index (χ3n) is 3.34. The molecule has 1 aliphatic carbocycles. The highest BCUT2D eigenvalue weighted by atomic mass is 16.2. The van der Waals surface area contributed by atoms with Gasteiger partial charge >= 0.3 is 0 Å². The molecule has 4 heteroatoms. The molecular formula is C15H20N2O2. The topological polar surface area (TPSA) is 49.7 Å². The van der Waals surface area contributed by atoms with Gasteiger partial charge in [0.25, 0.3) is 0 Å². The molecule has 0 aromatic rings. The van der Waals surface area contributed by atoms with Crippen molar-refractivity contribution >= 4 is 17.5 Å². The van der Waals surface area contributed by atoms with Gasteiger partial charge in [0, 0.05) is 18.5 Å². The van der Waals surface area contributed by atoms with Crippen LogP contribution in [0.3, 0.4) is 0 Å². The summed E-state index contributed by atoms with van der Waals surface area (Å²) in [5.41, 5.74) is -0.528. The molecule has 2 rings (SSSR count). The highest BCUT2D eigenvalue weighted by Gasteiger charge is 2.47. The number of aliphatic imine (C=N–C) groups is 1. The van der Waals surface area contributed by atoms with Crippen molar-refractivity contribution in [3.8, 4) is 0 Å². The van der Waals surface area contributed by atoms with E-state index < -0.39 is 5.41 Å². The van der Waals surface area contributed by atoms with Crippen molar-refractivity contribution in [3.05, 3.63) is 24.3 Å². The number of hydrogen-bond donors (Lipinski definition) is 0. The Morgan fingerprint density at radius 2 is 1.74 bits per heavy atom. The van der Waals surface area contributed by atoms with Gasteiger partial charge in [-0.15, -0.1) is 0 Å². The first-order valence-electron chi connectivity index (χ1n) is 6.68. The van der Waals surface area contributed by atoms with Crippen LogP contribution in [0.4, 0.5) is 0 Å². The van der Waals surface area contributed by atoms with E-state index in [4.69, 9.17) is 0 Å². The molecular weight excluding hydrogens is 240 g/mol. The smallest absolute Gasteiger partial charge is 0.229 e. The van der Waals surface area contributed by atoms with Gasteiger partial charge in [0.2, 0.25) is 5.91 Å². The van der Waals surface area contributed by atoms with Gasteiger partial charge in [0.1, 0.15) is 5.84 Å². The van der Waals surface area contributed by atoms with Crippen LogP contribution in [0, 0.1) is 5.41 Å². The summed E-state index contributed by atoms with van der Waals surface area (Å²) in [7, 11) is 0. The average Bonchev–Trinajstić information content (AvgIpc) is 2.55. The van der Waals surface area contributed by atoms with Crippen molar-refractivity contribution in [1.29, 1.82) is 0 Å². The Morgan fingerprint density at radius 1 is 1.16 bits per heavy atom. The first-order chi connectivity index (χ1) is 8.85. The number of allylic oxidation sites excluding steroid dienone is 2. The minimum absolute atomic E-state index is 0.0371. The molecule has 1 saturated heterocycles. The Bertz CT molecular complexity index is 482. The normalized spacial score (nSPS) is 23.7. The largest absolute Gasteiger partial charge is 0.297 e. The van der Waals surface area contributed by atoms with Crippen LogP contribution in [0.2, 0.25) is 0 Å². The van der Waals surface area contributed by atoms with Crippen molar-refractivity contribution in [2.45, 2.75) is 46.2 Å². The van der Waals surface area contributed by atoms with Crippen LogP contribution in [-0.2, 0) is 9.59 Å². The Morgan fingerprint density at radius 3 is 2.21 bits per heavy atom. The minimum Gasteiger partial charge on any atom is -0.297 e. The third kappa shape index (κ3) is 2.39. The molecule has 0 saturated carbocycles. The fourth-order valence-corrected chi connectivity index (χ4v) is 2.56. The van der Waals surface area contributed by atoms with Gasteiger partial charge in [-0.05, 0) is 39.8 Å². The highest BCUT2D eigenvalue weighted by Crippen LogP contribution is 2.39. The molecule has 0 aromatic heterocycles. The number of ketones is 1. The first-order valence-corrected chi connectivity index (χ1v) is 6.68. The maximum atomic E-state index is 12.3. The predicted octanol–water partition coefficient (Wildman–Crippen LogP) is 2.12. The fourth-order valence-electron chi connectivity index (χ4n) is 2.56. The van der Waals surface area contributed by atoms with E-state index in [2.05, 4.69) is 4.99 Å². The monoisotopic (exact) mass is 260 g/mol. The maximum Gasteiger partial charge on any atom is 0.229 e. The lowest BCUT2D eigenvalue weighted by Gasteiger charge is -2.29. The molecule has 102 valence electrons. The highest BCUT2D eigenvalue weighted by molar-refractivity contribution is 6.13. The molecule has 4 nitrogen and oxygen atoms in total. The molecule has 1 spiro atoms. The van der Waals surface area contributed by atoms with Gasteiger partial charge in [-0.1, -0.05) is 12.2 Å². The summed E-state index contributed by atoms with van der Waals surface area (Å²) < 4.78 is 0. The first kappa shape index (κ1) is 13.7. The van der Waals surface area contributed by atoms with E-state index >= 15 is 0 Å². The molecule has 1 fully saturated rings. The zero-order valence-electron chi connectivity index (χ0n) is 11.9. The molecule has 1 amide bonds. The number of amidine groups is 1. The molecule has 0 N–H and O–H groups in total. The van der Waals surface area contributed by atoms with Crippen LogP contribution in [0.1, 0.15) is 34.1 Å². The summed E-state index contributed by atoms with van der Waals surface area (Å²) in [4.78, 5) is 30.0. The lowest BCUT2D eigenvalue weighted by atomic mass is 9.81. The van der Waals surface area contributed by atoms with Crippen LogP contribution in [-0.4, -0.2) is 34.5 Å². The molecule has 0 unspecified atom stereocenters. The van der Waals surface area contributed by atoms with Gasteiger partial charge < -0.3 is 0 Å². The SMILES string of the molecule is CC(C)N=C1N(C(C)C)C(=O)CC12C=CC(=O)C=C2. The Balaban J connectivity index is 2.50. The van der Waals surface area contributed by atoms with Gasteiger partial charge in [0.05, 0.1) is 5.41 Å². The van der Waals surface area contributed by atoms with Crippen molar-refractivity contribution in [3.63, 3.8) is 0 Å². The molecule has 0 aromatic carbocycles. The lowest BCUT2D eigenvalue weighted by Crippen LogP contribution is -2.40. The zero-order valence-corrected chi connectivity index (χ0v) is 11.9. The van der Waals surface area contributed by atoms with E-state index in [0.717, 1.165) is 5.84 Å². The predicted molar refractivity (Wildman–Crippen MR) is 74.9 cm³/mol. The van der Waals surface area contributed by atoms with E-state index in [1.165, 1.54) is 12.2 Å². The summed E-state index contributed by atoms with van der Waals surface area (Å²) in [6.07, 6.45) is 7.06. The second kappa shape index (κ2) is 4.76. The number of nitrogens with zero attached hydrogens (tertiary/aromatic N) is 2. The van der Waals surface area contributed by atoms with Crippen molar-refractivity contribution in [2.24, 2.45) is 10.4 Å². The van der Waals surface area contributed by atoms with Crippen LogP contribution in [0.15, 0.2) is 29.3 Å². The van der Waals surface area contributed by atoms with Crippen LogP contribution in [0.25, 0.3) is 0 Å². The number of carbonyl (C=O) groups excluding carboxylic acids is 2. The zero-order chi connectivity index (χ0) is 14.2. The summed E-state index contributed by atoms with van der Waals surface area (Å²) in [6, 6.07) is 0.183. The van der Waals surface area contributed by atoms with E-state index in [1.807, 2.05) is 39.8 Å². The molecule has 0 bridgehead atoms. The third-order valence-corrected chi connectivity index (χ3v) is 3.34. The Kier molecular flexibility index (Phi) is 3.43. The molecule has 2 aliphatic rings. The number of hydrogen-bond acceptors (Lipinski definition) is 3. The number of amides is 1. The number of rotatable bonds is 2. The van der Waals surface area contributed by atoms with Gasteiger partial charge in [-0.3, -0.25) is 19.5 Å². The fraction of sp³-hybridized carbons (Fsp3) is 0.533. The summed E-state index contributed by atoms with van der Waals surface area (Å²) >= 11 is 0. The van der Waals surface area contributed by atoms with Crippen molar-refractivity contribution < 1.29 is 9.59 Å². The molecule has 19 heavy (non-hydrogen) atoms. The van der Waals surface area contributed by atoms with Gasteiger partial charge in [-0.25, -0.2) is 0 Å². The van der Waals surface area contributed by atoms with Crippen LogP contribution >= 0.6 is 0 Å².